The molecule has 0 saturated carbocycles. The lowest BCUT2D eigenvalue weighted by atomic mass is 10.1. The zero-order valence-corrected chi connectivity index (χ0v) is 17.2. The quantitative estimate of drug-likeness (QED) is 0.413. The smallest absolute Gasteiger partial charge is 0.412 e. The third-order valence-corrected chi connectivity index (χ3v) is 3.37. The molecule has 8 heteroatoms. The van der Waals surface area contributed by atoms with Gasteiger partial charge in [0.1, 0.15) is 12.4 Å². The summed E-state index contributed by atoms with van der Waals surface area (Å²) >= 11 is 0. The number of carbonyl (C=O) groups is 2. The van der Waals surface area contributed by atoms with Gasteiger partial charge in [0.15, 0.2) is 0 Å². The van der Waals surface area contributed by atoms with E-state index in [9.17, 15) is 9.59 Å². The van der Waals surface area contributed by atoms with Crippen molar-refractivity contribution in [1.82, 2.24) is 10.6 Å². The van der Waals surface area contributed by atoms with E-state index in [1.54, 1.807) is 24.3 Å². The molecule has 28 heavy (non-hydrogen) atoms. The topological polar surface area (TPSA) is 95.1 Å². The molecule has 0 fully saturated rings. The van der Waals surface area contributed by atoms with E-state index < -0.39 is 6.09 Å². The fourth-order valence-corrected chi connectivity index (χ4v) is 2.03. The molecule has 0 aliphatic rings. The summed E-state index contributed by atoms with van der Waals surface area (Å²) in [4.78, 5) is 22.5. The van der Waals surface area contributed by atoms with Crippen molar-refractivity contribution in [1.29, 1.82) is 0 Å². The zero-order valence-electron chi connectivity index (χ0n) is 17.2. The third-order valence-electron chi connectivity index (χ3n) is 3.37. The molecule has 0 spiro atoms. The second-order valence-electron chi connectivity index (χ2n) is 7.14. The van der Waals surface area contributed by atoms with Crippen LogP contribution in [-0.2, 0) is 25.6 Å². The summed E-state index contributed by atoms with van der Waals surface area (Å²) in [6.07, 6.45) is -0.555. The molecule has 0 aliphatic heterocycles. The molecular formula is C20H32N2O6. The SMILES string of the molecule is CC(=O)OCc1ccc(OC(=O)NCCOCCOCCNC(C)(C)C)cc1. The lowest BCUT2D eigenvalue weighted by molar-refractivity contribution is -0.142. The molecule has 0 unspecified atom stereocenters. The lowest BCUT2D eigenvalue weighted by Gasteiger charge is -2.20. The number of rotatable bonds is 12. The Morgan fingerprint density at radius 3 is 2.11 bits per heavy atom. The van der Waals surface area contributed by atoms with Crippen molar-refractivity contribution in [3.63, 3.8) is 0 Å². The average Bonchev–Trinajstić information content (AvgIpc) is 2.61. The summed E-state index contributed by atoms with van der Waals surface area (Å²) in [6.45, 7) is 11.0. The molecule has 0 bridgehead atoms. The highest BCUT2D eigenvalue weighted by Crippen LogP contribution is 2.13. The van der Waals surface area contributed by atoms with Gasteiger partial charge in [-0.25, -0.2) is 4.79 Å². The fourth-order valence-electron chi connectivity index (χ4n) is 2.03. The summed E-state index contributed by atoms with van der Waals surface area (Å²) in [7, 11) is 0. The van der Waals surface area contributed by atoms with E-state index in [4.69, 9.17) is 18.9 Å². The van der Waals surface area contributed by atoms with Crippen LogP contribution in [0.5, 0.6) is 5.75 Å². The second kappa shape index (κ2) is 13.1. The molecular weight excluding hydrogens is 364 g/mol. The first kappa shape index (κ1) is 23.9. The first-order valence-corrected chi connectivity index (χ1v) is 9.35. The summed E-state index contributed by atoms with van der Waals surface area (Å²) in [5.41, 5.74) is 0.902. The Bertz CT molecular complexity index is 583. The van der Waals surface area contributed by atoms with Gasteiger partial charge in [0.25, 0.3) is 0 Å². The molecule has 1 aromatic rings. The Labute approximate surface area is 166 Å². The third kappa shape index (κ3) is 13.1. The monoisotopic (exact) mass is 396 g/mol. The minimum Gasteiger partial charge on any atom is -0.461 e. The van der Waals surface area contributed by atoms with Gasteiger partial charge in [0.2, 0.25) is 0 Å². The molecule has 8 nitrogen and oxygen atoms in total. The van der Waals surface area contributed by atoms with E-state index in [0.717, 1.165) is 12.1 Å². The average molecular weight is 396 g/mol. The Balaban J connectivity index is 2.03. The number of hydrogen-bond acceptors (Lipinski definition) is 7. The van der Waals surface area contributed by atoms with Crippen molar-refractivity contribution in [2.45, 2.75) is 39.8 Å². The standard InChI is InChI=1S/C20H32N2O6/c1-16(23)27-15-17-5-7-18(8-6-17)28-19(24)21-9-11-25-13-14-26-12-10-22-20(2,3)4/h5-8,22H,9-15H2,1-4H3,(H,21,24). The number of benzene rings is 1. The molecule has 2 N–H and O–H groups in total. The van der Waals surface area contributed by atoms with E-state index in [-0.39, 0.29) is 18.1 Å². The van der Waals surface area contributed by atoms with Crippen molar-refractivity contribution in [3.05, 3.63) is 29.8 Å². The molecule has 1 rings (SSSR count). The maximum absolute atomic E-state index is 11.7. The minimum atomic E-state index is -0.555. The van der Waals surface area contributed by atoms with E-state index in [2.05, 4.69) is 31.4 Å². The first-order valence-electron chi connectivity index (χ1n) is 9.35. The van der Waals surface area contributed by atoms with Crippen LogP contribution in [0.2, 0.25) is 0 Å². The minimum absolute atomic E-state index is 0.0894. The zero-order chi connectivity index (χ0) is 20.8. The second-order valence-corrected chi connectivity index (χ2v) is 7.14. The molecule has 0 aromatic heterocycles. The molecule has 0 heterocycles. The highest BCUT2D eigenvalue weighted by molar-refractivity contribution is 5.70. The Kier molecular flexibility index (Phi) is 11.2. The molecule has 1 amide bonds. The first-order chi connectivity index (χ1) is 13.3. The maximum atomic E-state index is 11.7. The van der Waals surface area contributed by atoms with Crippen molar-refractivity contribution < 1.29 is 28.5 Å². The maximum Gasteiger partial charge on any atom is 0.412 e. The fraction of sp³-hybridized carbons (Fsp3) is 0.600. The van der Waals surface area contributed by atoms with Crippen molar-refractivity contribution in [2.24, 2.45) is 0 Å². The van der Waals surface area contributed by atoms with Crippen molar-refractivity contribution in [3.8, 4) is 5.75 Å². The van der Waals surface area contributed by atoms with Crippen molar-refractivity contribution >= 4 is 12.1 Å². The van der Waals surface area contributed by atoms with Crippen LogP contribution < -0.4 is 15.4 Å². The predicted octanol–water partition coefficient (Wildman–Crippen LogP) is 2.26. The van der Waals surface area contributed by atoms with Crippen LogP contribution in [0.15, 0.2) is 24.3 Å². The van der Waals surface area contributed by atoms with Crippen LogP contribution in [0.25, 0.3) is 0 Å². The number of ether oxygens (including phenoxy) is 4. The van der Waals surface area contributed by atoms with E-state index in [1.165, 1.54) is 6.92 Å². The summed E-state index contributed by atoms with van der Waals surface area (Å²) in [6, 6.07) is 6.74. The van der Waals surface area contributed by atoms with Crippen LogP contribution >= 0.6 is 0 Å². The van der Waals surface area contributed by atoms with Crippen LogP contribution in [0.3, 0.4) is 0 Å². The normalized spacial score (nSPS) is 11.1. The summed E-state index contributed by atoms with van der Waals surface area (Å²) < 4.78 is 20.9. The highest BCUT2D eigenvalue weighted by atomic mass is 16.6. The van der Waals surface area contributed by atoms with E-state index in [0.29, 0.717) is 38.7 Å². The van der Waals surface area contributed by atoms with Crippen LogP contribution in [0.1, 0.15) is 33.3 Å². The van der Waals surface area contributed by atoms with Crippen molar-refractivity contribution in [2.75, 3.05) is 39.5 Å². The molecule has 158 valence electrons. The van der Waals surface area contributed by atoms with Crippen LogP contribution in [0.4, 0.5) is 4.79 Å². The highest BCUT2D eigenvalue weighted by Gasteiger charge is 2.07. The number of hydrogen-bond donors (Lipinski definition) is 2. The lowest BCUT2D eigenvalue weighted by Crippen LogP contribution is -2.38. The Hall–Kier alpha value is -2.16. The number of nitrogens with one attached hydrogen (secondary N) is 2. The Morgan fingerprint density at radius 1 is 0.929 bits per heavy atom. The molecule has 0 saturated heterocycles. The summed E-state index contributed by atoms with van der Waals surface area (Å²) in [5.74, 6) is 0.0632. The number of carbonyl (C=O) groups excluding carboxylic acids is 2. The Morgan fingerprint density at radius 2 is 1.54 bits per heavy atom. The van der Waals surface area contributed by atoms with Gasteiger partial charge in [0.05, 0.1) is 26.4 Å². The molecule has 1 aromatic carbocycles. The molecule has 0 atom stereocenters. The molecule has 0 radical (unpaired) electrons. The van der Waals surface area contributed by atoms with E-state index >= 15 is 0 Å². The van der Waals surface area contributed by atoms with E-state index in [1.807, 2.05) is 0 Å². The predicted molar refractivity (Wildman–Crippen MR) is 105 cm³/mol. The van der Waals surface area contributed by atoms with Gasteiger partial charge in [-0.3, -0.25) is 4.79 Å². The summed E-state index contributed by atoms with van der Waals surface area (Å²) in [5, 5.41) is 5.94. The molecule has 0 aliphatic carbocycles. The van der Waals surface area contributed by atoms with Gasteiger partial charge < -0.3 is 29.6 Å². The van der Waals surface area contributed by atoms with Gasteiger partial charge in [-0.2, -0.15) is 0 Å². The van der Waals surface area contributed by atoms with Crippen LogP contribution in [0, 0.1) is 0 Å². The van der Waals surface area contributed by atoms with Crippen LogP contribution in [-0.4, -0.2) is 57.1 Å². The largest absolute Gasteiger partial charge is 0.461 e. The van der Waals surface area contributed by atoms with Gasteiger partial charge in [-0.15, -0.1) is 0 Å². The van der Waals surface area contributed by atoms with Gasteiger partial charge >= 0.3 is 12.1 Å². The number of esters is 1. The number of amides is 1. The van der Waals surface area contributed by atoms with Gasteiger partial charge in [0, 0.05) is 25.6 Å². The van der Waals surface area contributed by atoms with Gasteiger partial charge in [-0.05, 0) is 38.5 Å². The van der Waals surface area contributed by atoms with Gasteiger partial charge in [-0.1, -0.05) is 12.1 Å².